The number of hydrogen-bond donors (Lipinski definition) is 2. The van der Waals surface area contributed by atoms with Crippen LogP contribution in [0, 0.1) is 0 Å². The maximum Gasteiger partial charge on any atom is 0.226 e. The van der Waals surface area contributed by atoms with Crippen LogP contribution in [0.15, 0.2) is 18.3 Å². The zero-order valence-electron chi connectivity index (χ0n) is 6.96. The fraction of sp³-hybridized carbons (Fsp3) is 0.250. The Balaban J connectivity index is 2.63. The first-order valence-electron chi connectivity index (χ1n) is 3.84. The number of pyridine rings is 1. The van der Waals surface area contributed by atoms with Gasteiger partial charge in [0.1, 0.15) is 0 Å². The Morgan fingerprint density at radius 2 is 2.46 bits per heavy atom. The van der Waals surface area contributed by atoms with Gasteiger partial charge in [0, 0.05) is 19.2 Å². The average molecular weight is 200 g/mol. The van der Waals surface area contributed by atoms with E-state index in [0.29, 0.717) is 17.4 Å². The van der Waals surface area contributed by atoms with Gasteiger partial charge in [0.2, 0.25) is 5.91 Å². The highest BCUT2D eigenvalue weighted by Crippen LogP contribution is 2.17. The summed E-state index contributed by atoms with van der Waals surface area (Å²) in [5.41, 5.74) is 5.21. The van der Waals surface area contributed by atoms with Crippen LogP contribution in [0.4, 0.5) is 5.82 Å². The lowest BCUT2D eigenvalue weighted by Gasteiger charge is -2.03. The van der Waals surface area contributed by atoms with Crippen molar-refractivity contribution in [1.82, 2.24) is 4.98 Å². The van der Waals surface area contributed by atoms with Crippen molar-refractivity contribution in [3.63, 3.8) is 0 Å². The van der Waals surface area contributed by atoms with Gasteiger partial charge >= 0.3 is 0 Å². The maximum atomic E-state index is 11.1. The first kappa shape index (κ1) is 9.95. The van der Waals surface area contributed by atoms with Gasteiger partial charge in [0.05, 0.1) is 5.02 Å². The minimum atomic E-state index is -0.178. The number of nitrogens with one attached hydrogen (secondary N) is 1. The van der Waals surface area contributed by atoms with E-state index in [1.54, 1.807) is 18.3 Å². The van der Waals surface area contributed by atoms with Crippen molar-refractivity contribution in [2.75, 3.05) is 11.9 Å². The van der Waals surface area contributed by atoms with Gasteiger partial charge in [-0.3, -0.25) is 4.79 Å². The van der Waals surface area contributed by atoms with Crippen LogP contribution in [0.25, 0.3) is 0 Å². The van der Waals surface area contributed by atoms with Gasteiger partial charge < -0.3 is 11.1 Å². The Bertz CT molecular complexity index is 303. The normalized spacial score (nSPS) is 9.69. The summed E-state index contributed by atoms with van der Waals surface area (Å²) in [5, 5.41) is 2.97. The Labute approximate surface area is 81.1 Å². The van der Waals surface area contributed by atoms with Crippen molar-refractivity contribution in [3.8, 4) is 0 Å². The van der Waals surface area contributed by atoms with Gasteiger partial charge in [-0.1, -0.05) is 11.6 Å². The first-order valence-corrected chi connectivity index (χ1v) is 4.22. The number of rotatable bonds is 3. The zero-order valence-corrected chi connectivity index (χ0v) is 7.71. The zero-order chi connectivity index (χ0) is 9.68. The number of amides is 1. The molecule has 0 aliphatic rings. The average Bonchev–Trinajstić information content (AvgIpc) is 2.09. The minimum absolute atomic E-state index is 0.178. The minimum Gasteiger partial charge on any atom is -0.330 e. The van der Waals surface area contributed by atoms with Gasteiger partial charge in [-0.25, -0.2) is 4.98 Å². The van der Waals surface area contributed by atoms with Crippen LogP contribution in [-0.4, -0.2) is 17.4 Å². The summed E-state index contributed by atoms with van der Waals surface area (Å²) in [7, 11) is 0. The van der Waals surface area contributed by atoms with E-state index in [0.717, 1.165) is 0 Å². The number of halogens is 1. The largest absolute Gasteiger partial charge is 0.330 e. The predicted octanol–water partition coefficient (Wildman–Crippen LogP) is 1.02. The van der Waals surface area contributed by atoms with Crippen LogP contribution in [0.1, 0.15) is 6.42 Å². The fourth-order valence-corrected chi connectivity index (χ4v) is 0.972. The molecule has 0 unspecified atom stereocenters. The molecule has 1 aromatic rings. The van der Waals surface area contributed by atoms with Crippen LogP contribution in [0.2, 0.25) is 5.02 Å². The van der Waals surface area contributed by atoms with E-state index >= 15 is 0 Å². The lowest BCUT2D eigenvalue weighted by Crippen LogP contribution is -2.17. The number of nitrogens with zero attached hydrogens (tertiary/aromatic N) is 1. The molecule has 1 amide bonds. The molecule has 0 atom stereocenters. The van der Waals surface area contributed by atoms with Gasteiger partial charge in [0.25, 0.3) is 0 Å². The smallest absolute Gasteiger partial charge is 0.226 e. The summed E-state index contributed by atoms with van der Waals surface area (Å²) in [5.74, 6) is 0.200. The second kappa shape index (κ2) is 4.79. The molecule has 5 heteroatoms. The van der Waals surface area contributed by atoms with E-state index in [1.807, 2.05) is 0 Å². The van der Waals surface area contributed by atoms with E-state index < -0.39 is 0 Å². The van der Waals surface area contributed by atoms with Crippen LogP contribution in [0.5, 0.6) is 0 Å². The molecular weight excluding hydrogens is 190 g/mol. The van der Waals surface area contributed by atoms with E-state index in [1.165, 1.54) is 0 Å². The van der Waals surface area contributed by atoms with E-state index in [2.05, 4.69) is 10.3 Å². The van der Waals surface area contributed by atoms with Crippen LogP contribution in [-0.2, 0) is 4.79 Å². The summed E-state index contributed by atoms with van der Waals surface area (Å²) >= 11 is 5.76. The number of hydrogen-bond acceptors (Lipinski definition) is 3. The third-order valence-corrected chi connectivity index (χ3v) is 1.69. The van der Waals surface area contributed by atoms with Gasteiger partial charge in [0.15, 0.2) is 5.82 Å². The van der Waals surface area contributed by atoms with Crippen LogP contribution in [0.3, 0.4) is 0 Å². The number of carbonyl (C=O) groups excluding carboxylic acids is 1. The Morgan fingerprint density at radius 1 is 1.69 bits per heavy atom. The molecule has 3 N–H and O–H groups in total. The molecular formula is C8H10ClN3O. The van der Waals surface area contributed by atoms with Crippen LogP contribution >= 0.6 is 11.6 Å². The molecule has 0 fully saturated rings. The molecule has 0 bridgehead atoms. The van der Waals surface area contributed by atoms with E-state index in [9.17, 15) is 4.79 Å². The van der Waals surface area contributed by atoms with Crippen LogP contribution < -0.4 is 11.1 Å². The fourth-order valence-electron chi connectivity index (χ4n) is 0.803. The van der Waals surface area contributed by atoms with E-state index in [-0.39, 0.29) is 12.3 Å². The van der Waals surface area contributed by atoms with Crippen molar-refractivity contribution >= 4 is 23.3 Å². The molecule has 0 spiro atoms. The van der Waals surface area contributed by atoms with E-state index in [4.69, 9.17) is 17.3 Å². The molecule has 0 saturated heterocycles. The Kier molecular flexibility index (Phi) is 3.67. The number of anilines is 1. The molecule has 0 aromatic carbocycles. The summed E-state index contributed by atoms with van der Waals surface area (Å²) in [6.45, 7) is 0.316. The van der Waals surface area contributed by atoms with Crippen molar-refractivity contribution in [1.29, 1.82) is 0 Å². The van der Waals surface area contributed by atoms with Crippen molar-refractivity contribution in [2.24, 2.45) is 5.73 Å². The summed E-state index contributed by atoms with van der Waals surface area (Å²) < 4.78 is 0. The molecule has 1 heterocycles. The highest BCUT2D eigenvalue weighted by molar-refractivity contribution is 6.33. The lowest BCUT2D eigenvalue weighted by molar-refractivity contribution is -0.116. The monoisotopic (exact) mass is 199 g/mol. The van der Waals surface area contributed by atoms with Gasteiger partial charge in [-0.2, -0.15) is 0 Å². The Morgan fingerprint density at radius 3 is 3.08 bits per heavy atom. The molecule has 13 heavy (non-hydrogen) atoms. The third-order valence-electron chi connectivity index (χ3n) is 1.39. The maximum absolute atomic E-state index is 11.1. The molecule has 1 aromatic heterocycles. The Hall–Kier alpha value is -1.13. The summed E-state index contributed by atoms with van der Waals surface area (Å²) in [6, 6.07) is 3.35. The molecule has 0 aliphatic carbocycles. The molecule has 0 aliphatic heterocycles. The predicted molar refractivity (Wildman–Crippen MR) is 51.5 cm³/mol. The summed E-state index contributed by atoms with van der Waals surface area (Å²) in [4.78, 5) is 15.0. The molecule has 4 nitrogen and oxygen atoms in total. The first-order chi connectivity index (χ1) is 6.24. The summed E-state index contributed by atoms with van der Waals surface area (Å²) in [6.07, 6.45) is 1.83. The SMILES string of the molecule is NCCC(=O)Nc1ncccc1Cl. The van der Waals surface area contributed by atoms with Crippen molar-refractivity contribution in [3.05, 3.63) is 23.4 Å². The quantitative estimate of drug-likeness (QED) is 0.764. The van der Waals surface area contributed by atoms with Gasteiger partial charge in [-0.15, -0.1) is 0 Å². The molecule has 1 rings (SSSR count). The molecule has 0 saturated carbocycles. The molecule has 70 valence electrons. The van der Waals surface area contributed by atoms with Gasteiger partial charge in [-0.05, 0) is 12.1 Å². The highest BCUT2D eigenvalue weighted by Gasteiger charge is 2.04. The highest BCUT2D eigenvalue weighted by atomic mass is 35.5. The topological polar surface area (TPSA) is 68.0 Å². The third kappa shape index (κ3) is 3.01. The number of aromatic nitrogens is 1. The van der Waals surface area contributed by atoms with Crippen molar-refractivity contribution in [2.45, 2.75) is 6.42 Å². The standard InChI is InChI=1S/C8H10ClN3O/c9-6-2-1-5-11-8(6)12-7(13)3-4-10/h1-2,5H,3-4,10H2,(H,11,12,13). The van der Waals surface area contributed by atoms with Crippen molar-refractivity contribution < 1.29 is 4.79 Å². The second-order valence-corrected chi connectivity index (χ2v) is 2.83. The second-order valence-electron chi connectivity index (χ2n) is 2.42. The number of carbonyl (C=O) groups is 1. The lowest BCUT2D eigenvalue weighted by atomic mass is 10.4. The number of nitrogens with two attached hydrogens (primary N) is 1. The molecule has 0 radical (unpaired) electrons.